The van der Waals surface area contributed by atoms with Gasteiger partial charge in [0.1, 0.15) is 24.3 Å². The third kappa shape index (κ3) is 4.72. The van der Waals surface area contributed by atoms with Crippen LogP contribution in [-0.2, 0) is 4.74 Å². The molecule has 0 radical (unpaired) electrons. The second-order valence-electron chi connectivity index (χ2n) is 9.74. The van der Waals surface area contributed by atoms with Gasteiger partial charge in [0.15, 0.2) is 0 Å². The number of ether oxygens (including phenoxy) is 2. The number of nitrogen functional groups attached to an aromatic ring is 1. The van der Waals surface area contributed by atoms with Gasteiger partial charge in [0.25, 0.3) is 0 Å². The van der Waals surface area contributed by atoms with E-state index in [9.17, 15) is 9.59 Å². The topological polar surface area (TPSA) is 126 Å². The van der Waals surface area contributed by atoms with Crippen LogP contribution in [0.5, 0.6) is 5.75 Å². The molecule has 1 saturated heterocycles. The highest BCUT2D eigenvalue weighted by Gasteiger charge is 2.61. The SMILES string of the molecule is CC(C)(C)C(OC(N)=O)C1C2CN(CCOc3ccc(-n4ccc(N)nc4=O)cc3)CC21. The minimum atomic E-state index is -0.691. The van der Waals surface area contributed by atoms with Crippen molar-refractivity contribution in [1.29, 1.82) is 0 Å². The van der Waals surface area contributed by atoms with E-state index in [4.69, 9.17) is 20.9 Å². The molecule has 0 bridgehead atoms. The van der Waals surface area contributed by atoms with E-state index in [0.717, 1.165) is 25.4 Å². The van der Waals surface area contributed by atoms with Crippen LogP contribution in [0, 0.1) is 23.2 Å². The van der Waals surface area contributed by atoms with E-state index in [1.54, 1.807) is 12.3 Å². The summed E-state index contributed by atoms with van der Waals surface area (Å²) in [5.74, 6) is 2.43. The summed E-state index contributed by atoms with van der Waals surface area (Å²) >= 11 is 0. The Hall–Kier alpha value is -3.07. The predicted octanol–water partition coefficient (Wildman–Crippen LogP) is 1.88. The fraction of sp³-hybridized carbons (Fsp3) is 0.522. The Balaban J connectivity index is 1.25. The number of nitrogens with two attached hydrogens (primary N) is 2. The maximum absolute atomic E-state index is 12.0. The molecule has 1 saturated carbocycles. The number of benzene rings is 1. The monoisotopic (exact) mass is 441 g/mol. The number of nitrogens with zero attached hydrogens (tertiary/aromatic N) is 3. The van der Waals surface area contributed by atoms with Crippen LogP contribution in [0.1, 0.15) is 20.8 Å². The number of fused-ring (bicyclic) bond motifs is 1. The number of carbonyl (C=O) groups is 1. The fourth-order valence-corrected chi connectivity index (χ4v) is 4.86. The number of carbonyl (C=O) groups excluding carboxylic acids is 1. The highest BCUT2D eigenvalue weighted by atomic mass is 16.6. The van der Waals surface area contributed by atoms with Crippen molar-refractivity contribution in [3.05, 3.63) is 47.0 Å². The highest BCUT2D eigenvalue weighted by molar-refractivity contribution is 5.65. The number of likely N-dealkylation sites (tertiary alicyclic amines) is 1. The first-order valence-corrected chi connectivity index (χ1v) is 10.9. The molecule has 1 aliphatic heterocycles. The van der Waals surface area contributed by atoms with Gasteiger partial charge in [-0.2, -0.15) is 4.98 Å². The Morgan fingerprint density at radius 3 is 2.41 bits per heavy atom. The summed E-state index contributed by atoms with van der Waals surface area (Å²) in [6, 6.07) is 8.89. The van der Waals surface area contributed by atoms with Crippen molar-refractivity contribution in [2.24, 2.45) is 28.9 Å². The van der Waals surface area contributed by atoms with Gasteiger partial charge in [-0.3, -0.25) is 9.47 Å². The maximum atomic E-state index is 12.0. The van der Waals surface area contributed by atoms with E-state index in [1.165, 1.54) is 4.57 Å². The van der Waals surface area contributed by atoms with Crippen LogP contribution in [0.3, 0.4) is 0 Å². The molecule has 1 amide bonds. The Labute approximate surface area is 187 Å². The highest BCUT2D eigenvalue weighted by Crippen LogP contribution is 2.57. The van der Waals surface area contributed by atoms with Crippen LogP contribution in [-0.4, -0.2) is 52.9 Å². The lowest BCUT2D eigenvalue weighted by molar-refractivity contribution is 0.00999. The molecule has 9 heteroatoms. The molecule has 1 aromatic carbocycles. The minimum Gasteiger partial charge on any atom is -0.492 e. The van der Waals surface area contributed by atoms with Crippen molar-refractivity contribution >= 4 is 11.9 Å². The van der Waals surface area contributed by atoms with Gasteiger partial charge < -0.3 is 20.9 Å². The molecule has 2 aromatic rings. The largest absolute Gasteiger partial charge is 0.492 e. The number of anilines is 1. The second-order valence-corrected chi connectivity index (χ2v) is 9.74. The van der Waals surface area contributed by atoms with Crippen LogP contribution in [0.2, 0.25) is 0 Å². The van der Waals surface area contributed by atoms with Gasteiger partial charge >= 0.3 is 11.8 Å². The van der Waals surface area contributed by atoms with Crippen molar-refractivity contribution in [1.82, 2.24) is 14.5 Å². The van der Waals surface area contributed by atoms with Gasteiger partial charge in [-0.1, -0.05) is 20.8 Å². The fourth-order valence-electron chi connectivity index (χ4n) is 4.86. The van der Waals surface area contributed by atoms with Crippen LogP contribution in [0.4, 0.5) is 10.6 Å². The molecule has 32 heavy (non-hydrogen) atoms. The molecule has 2 fully saturated rings. The quantitative estimate of drug-likeness (QED) is 0.672. The summed E-state index contributed by atoms with van der Waals surface area (Å²) in [5.41, 5.74) is 11.0. The molecule has 2 heterocycles. The van der Waals surface area contributed by atoms with Crippen molar-refractivity contribution < 1.29 is 14.3 Å². The van der Waals surface area contributed by atoms with Gasteiger partial charge in [-0.05, 0) is 47.6 Å². The van der Waals surface area contributed by atoms with Gasteiger partial charge in [0.2, 0.25) is 0 Å². The van der Waals surface area contributed by atoms with Crippen LogP contribution >= 0.6 is 0 Å². The van der Waals surface area contributed by atoms with Gasteiger partial charge in [-0.15, -0.1) is 0 Å². The number of hydrogen-bond donors (Lipinski definition) is 2. The first-order chi connectivity index (χ1) is 15.1. The molecule has 1 aromatic heterocycles. The van der Waals surface area contributed by atoms with Gasteiger partial charge in [-0.25, -0.2) is 9.59 Å². The standard InChI is InChI=1S/C23H31N5O4/c1-23(2,3)20(32-21(25)29)19-16-12-27(13-17(16)19)10-11-31-15-6-4-14(5-7-15)28-9-8-18(24)26-22(28)30/h4-9,16-17,19-20H,10-13H2,1-3H3,(H2,25,29)(H2,24,26,30). The minimum absolute atomic E-state index is 0.127. The Kier molecular flexibility index (Phi) is 5.85. The molecule has 3 atom stereocenters. The number of hydrogen-bond acceptors (Lipinski definition) is 7. The molecule has 2 aliphatic rings. The van der Waals surface area contributed by atoms with E-state index in [-0.39, 0.29) is 17.3 Å². The molecule has 4 N–H and O–H groups in total. The van der Waals surface area contributed by atoms with E-state index in [1.807, 2.05) is 24.3 Å². The number of primary amides is 1. The molecule has 9 nitrogen and oxygen atoms in total. The Morgan fingerprint density at radius 2 is 1.84 bits per heavy atom. The molecular formula is C23H31N5O4. The third-order valence-corrected chi connectivity index (χ3v) is 6.40. The average Bonchev–Trinajstić information content (AvgIpc) is 3.18. The summed E-state index contributed by atoms with van der Waals surface area (Å²) in [4.78, 5) is 29.4. The molecule has 0 spiro atoms. The number of piperidine rings is 1. The zero-order chi connectivity index (χ0) is 23.0. The molecule has 3 unspecified atom stereocenters. The normalized spacial score (nSPS) is 23.4. The smallest absolute Gasteiger partial charge is 0.404 e. The van der Waals surface area contributed by atoms with Crippen molar-refractivity contribution in [2.75, 3.05) is 32.0 Å². The van der Waals surface area contributed by atoms with Crippen molar-refractivity contribution in [3.8, 4) is 11.4 Å². The lowest BCUT2D eigenvalue weighted by Crippen LogP contribution is -2.39. The average molecular weight is 442 g/mol. The van der Waals surface area contributed by atoms with Gasteiger partial charge in [0.05, 0.1) is 5.69 Å². The summed E-state index contributed by atoms with van der Waals surface area (Å²) < 4.78 is 12.8. The summed E-state index contributed by atoms with van der Waals surface area (Å²) in [5, 5.41) is 0. The van der Waals surface area contributed by atoms with Crippen LogP contribution < -0.4 is 21.9 Å². The zero-order valence-corrected chi connectivity index (χ0v) is 18.7. The van der Waals surface area contributed by atoms with E-state index >= 15 is 0 Å². The van der Waals surface area contributed by atoms with E-state index in [0.29, 0.717) is 30.0 Å². The lowest BCUT2D eigenvalue weighted by Gasteiger charge is -2.32. The third-order valence-electron chi connectivity index (χ3n) is 6.40. The van der Waals surface area contributed by atoms with Crippen LogP contribution in [0.15, 0.2) is 41.3 Å². The van der Waals surface area contributed by atoms with E-state index < -0.39 is 11.8 Å². The first kappa shape index (κ1) is 22.1. The Morgan fingerprint density at radius 1 is 1.19 bits per heavy atom. The summed E-state index contributed by atoms with van der Waals surface area (Å²) in [6.45, 7) is 9.65. The first-order valence-electron chi connectivity index (χ1n) is 10.9. The van der Waals surface area contributed by atoms with Crippen molar-refractivity contribution in [3.63, 3.8) is 0 Å². The number of amides is 1. The molecule has 172 valence electrons. The number of rotatable bonds is 7. The summed E-state index contributed by atoms with van der Waals surface area (Å²) in [7, 11) is 0. The van der Waals surface area contributed by atoms with Crippen LogP contribution in [0.25, 0.3) is 5.69 Å². The summed E-state index contributed by atoms with van der Waals surface area (Å²) in [6.07, 6.45) is 0.768. The second kappa shape index (κ2) is 8.46. The van der Waals surface area contributed by atoms with E-state index in [2.05, 4.69) is 30.7 Å². The lowest BCUT2D eigenvalue weighted by atomic mass is 9.84. The van der Waals surface area contributed by atoms with Crippen molar-refractivity contribution in [2.45, 2.75) is 26.9 Å². The zero-order valence-electron chi connectivity index (χ0n) is 18.7. The molecular weight excluding hydrogens is 410 g/mol. The molecule has 4 rings (SSSR count). The maximum Gasteiger partial charge on any atom is 0.404 e. The predicted molar refractivity (Wildman–Crippen MR) is 121 cm³/mol. The molecule has 1 aliphatic carbocycles. The Bertz CT molecular complexity index is 1020. The van der Waals surface area contributed by atoms with Gasteiger partial charge in [0, 0.05) is 31.7 Å². The number of aromatic nitrogens is 2.